The highest BCUT2D eigenvalue weighted by Crippen LogP contribution is 2.41. The lowest BCUT2D eigenvalue weighted by Gasteiger charge is -2.41. The number of amides is 1. The SMILES string of the molecule is C[C@@H]1CCCCN1C(=O)C1C[C@H]2CCC[C@@H](C1)C2=O. The van der Waals surface area contributed by atoms with Gasteiger partial charge in [-0.05, 0) is 51.9 Å². The van der Waals surface area contributed by atoms with Gasteiger partial charge in [0.1, 0.15) is 5.78 Å². The fourth-order valence-corrected chi connectivity index (χ4v) is 4.34. The fraction of sp³-hybridized carbons (Fsp3) is 0.875. The highest BCUT2D eigenvalue weighted by Gasteiger charge is 2.42. The van der Waals surface area contributed by atoms with Gasteiger partial charge in [-0.1, -0.05) is 6.42 Å². The Balaban J connectivity index is 1.69. The summed E-state index contributed by atoms with van der Waals surface area (Å²) in [4.78, 5) is 26.9. The van der Waals surface area contributed by atoms with Crippen LogP contribution in [0.1, 0.15) is 58.3 Å². The molecular formula is C16H25NO2. The molecule has 1 unspecified atom stereocenters. The van der Waals surface area contributed by atoms with E-state index in [1.165, 1.54) is 12.8 Å². The van der Waals surface area contributed by atoms with E-state index in [0.29, 0.717) is 17.7 Å². The maximum atomic E-state index is 12.7. The summed E-state index contributed by atoms with van der Waals surface area (Å²) in [6.45, 7) is 3.10. The van der Waals surface area contributed by atoms with Crippen molar-refractivity contribution in [2.75, 3.05) is 6.54 Å². The van der Waals surface area contributed by atoms with Crippen LogP contribution in [-0.2, 0) is 9.59 Å². The van der Waals surface area contributed by atoms with Crippen molar-refractivity contribution in [2.24, 2.45) is 17.8 Å². The average molecular weight is 263 g/mol. The van der Waals surface area contributed by atoms with Crippen LogP contribution in [0.3, 0.4) is 0 Å². The maximum absolute atomic E-state index is 12.7. The van der Waals surface area contributed by atoms with Crippen LogP contribution in [0, 0.1) is 17.8 Å². The number of rotatable bonds is 1. The first-order chi connectivity index (χ1) is 9.16. The Hall–Kier alpha value is -0.860. The Labute approximate surface area is 115 Å². The Morgan fingerprint density at radius 1 is 1.05 bits per heavy atom. The second-order valence-electron chi connectivity index (χ2n) is 6.77. The van der Waals surface area contributed by atoms with Crippen molar-refractivity contribution in [3.63, 3.8) is 0 Å². The molecule has 0 aromatic rings. The monoisotopic (exact) mass is 263 g/mol. The standard InChI is InChI=1S/C16H25NO2/c1-11-5-2-3-8-17(11)16(19)14-9-12-6-4-7-13(10-14)15(12)18/h11-14H,2-10H2,1H3/t11-,12-,13+,14?/m1/s1. The maximum Gasteiger partial charge on any atom is 0.225 e. The zero-order chi connectivity index (χ0) is 13.4. The van der Waals surface area contributed by atoms with E-state index in [2.05, 4.69) is 11.8 Å². The zero-order valence-electron chi connectivity index (χ0n) is 11.9. The second-order valence-corrected chi connectivity index (χ2v) is 6.77. The lowest BCUT2D eigenvalue weighted by molar-refractivity contribution is -0.145. The van der Waals surface area contributed by atoms with Crippen molar-refractivity contribution in [1.82, 2.24) is 4.90 Å². The van der Waals surface area contributed by atoms with Crippen LogP contribution >= 0.6 is 0 Å². The van der Waals surface area contributed by atoms with Gasteiger partial charge < -0.3 is 4.90 Å². The van der Waals surface area contributed by atoms with E-state index in [-0.39, 0.29) is 17.8 Å². The molecule has 2 bridgehead atoms. The predicted octanol–water partition coefficient (Wildman–Crippen LogP) is 2.78. The topological polar surface area (TPSA) is 37.4 Å². The molecule has 2 aliphatic carbocycles. The van der Waals surface area contributed by atoms with Gasteiger partial charge in [0.15, 0.2) is 0 Å². The zero-order valence-corrected chi connectivity index (χ0v) is 11.9. The van der Waals surface area contributed by atoms with Gasteiger partial charge in [-0.25, -0.2) is 0 Å². The van der Waals surface area contributed by atoms with E-state index in [1.54, 1.807) is 0 Å². The van der Waals surface area contributed by atoms with Crippen molar-refractivity contribution in [3.05, 3.63) is 0 Å². The van der Waals surface area contributed by atoms with E-state index in [4.69, 9.17) is 0 Å². The van der Waals surface area contributed by atoms with Crippen LogP contribution in [0.5, 0.6) is 0 Å². The van der Waals surface area contributed by atoms with Crippen LogP contribution in [0.15, 0.2) is 0 Å². The summed E-state index contributed by atoms with van der Waals surface area (Å²) in [6.07, 6.45) is 8.43. The fourth-order valence-electron chi connectivity index (χ4n) is 4.34. The van der Waals surface area contributed by atoms with Gasteiger partial charge in [0.25, 0.3) is 0 Å². The highest BCUT2D eigenvalue weighted by molar-refractivity contribution is 5.88. The van der Waals surface area contributed by atoms with Crippen molar-refractivity contribution in [3.8, 4) is 0 Å². The second kappa shape index (κ2) is 5.26. The van der Waals surface area contributed by atoms with Gasteiger partial charge in [0.2, 0.25) is 5.91 Å². The number of piperidine rings is 1. The molecule has 0 radical (unpaired) electrons. The number of likely N-dealkylation sites (tertiary alicyclic amines) is 1. The number of fused-ring (bicyclic) bond motifs is 2. The quantitative estimate of drug-likeness (QED) is 0.729. The Morgan fingerprint density at radius 2 is 1.74 bits per heavy atom. The van der Waals surface area contributed by atoms with Crippen LogP contribution in [0.4, 0.5) is 0 Å². The number of nitrogens with zero attached hydrogens (tertiary/aromatic N) is 1. The Bertz CT molecular complexity index is 363. The number of hydrogen-bond acceptors (Lipinski definition) is 2. The minimum absolute atomic E-state index is 0.133. The third kappa shape index (κ3) is 2.44. The minimum Gasteiger partial charge on any atom is -0.340 e. The molecule has 1 amide bonds. The first-order valence-electron chi connectivity index (χ1n) is 8.01. The number of ketones is 1. The van der Waals surface area contributed by atoms with E-state index < -0.39 is 0 Å². The number of carbonyl (C=O) groups is 2. The molecule has 1 saturated heterocycles. The first kappa shape index (κ1) is 13.1. The molecule has 1 heterocycles. The molecule has 106 valence electrons. The predicted molar refractivity (Wildman–Crippen MR) is 73.6 cm³/mol. The molecule has 3 aliphatic rings. The van der Waals surface area contributed by atoms with Crippen LogP contribution in [0.2, 0.25) is 0 Å². The third-order valence-corrected chi connectivity index (χ3v) is 5.48. The van der Waals surface area contributed by atoms with Gasteiger partial charge >= 0.3 is 0 Å². The van der Waals surface area contributed by atoms with E-state index in [1.807, 2.05) is 0 Å². The van der Waals surface area contributed by atoms with E-state index in [0.717, 1.165) is 45.1 Å². The third-order valence-electron chi connectivity index (χ3n) is 5.48. The molecule has 1 aliphatic heterocycles. The largest absolute Gasteiger partial charge is 0.340 e. The normalized spacial score (nSPS) is 39.2. The van der Waals surface area contributed by atoms with E-state index in [9.17, 15) is 9.59 Å². The molecule has 0 aromatic carbocycles. The molecule has 19 heavy (non-hydrogen) atoms. The smallest absolute Gasteiger partial charge is 0.225 e. The molecule has 3 heteroatoms. The van der Waals surface area contributed by atoms with Crippen molar-refractivity contribution >= 4 is 11.7 Å². The average Bonchev–Trinajstić information content (AvgIpc) is 2.38. The van der Waals surface area contributed by atoms with Crippen LogP contribution in [-0.4, -0.2) is 29.2 Å². The van der Waals surface area contributed by atoms with Crippen LogP contribution < -0.4 is 0 Å². The Kier molecular flexibility index (Phi) is 3.64. The lowest BCUT2D eigenvalue weighted by Crippen LogP contribution is -2.48. The minimum atomic E-state index is 0.133. The summed E-state index contributed by atoms with van der Waals surface area (Å²) in [6, 6.07) is 0.402. The summed E-state index contributed by atoms with van der Waals surface area (Å²) in [5.74, 6) is 1.33. The number of hydrogen-bond donors (Lipinski definition) is 0. The summed E-state index contributed by atoms with van der Waals surface area (Å²) in [7, 11) is 0. The van der Waals surface area contributed by atoms with Gasteiger partial charge in [-0.15, -0.1) is 0 Å². The molecule has 0 N–H and O–H groups in total. The lowest BCUT2D eigenvalue weighted by atomic mass is 9.66. The van der Waals surface area contributed by atoms with Gasteiger partial charge in [0, 0.05) is 30.3 Å². The Morgan fingerprint density at radius 3 is 2.37 bits per heavy atom. The molecule has 4 atom stereocenters. The highest BCUT2D eigenvalue weighted by atomic mass is 16.2. The number of carbonyl (C=O) groups excluding carboxylic acids is 2. The molecule has 0 aromatic heterocycles. The van der Waals surface area contributed by atoms with Gasteiger partial charge in [-0.3, -0.25) is 9.59 Å². The summed E-state index contributed by atoms with van der Waals surface area (Å²) in [5, 5.41) is 0. The van der Waals surface area contributed by atoms with Crippen molar-refractivity contribution in [1.29, 1.82) is 0 Å². The van der Waals surface area contributed by atoms with Crippen molar-refractivity contribution in [2.45, 2.75) is 64.3 Å². The molecule has 3 nitrogen and oxygen atoms in total. The molecule has 3 fully saturated rings. The van der Waals surface area contributed by atoms with Gasteiger partial charge in [-0.2, -0.15) is 0 Å². The van der Waals surface area contributed by atoms with Crippen molar-refractivity contribution < 1.29 is 9.59 Å². The number of Topliss-reactive ketones (excluding diaryl/α,β-unsaturated/α-hetero) is 1. The van der Waals surface area contributed by atoms with Crippen LogP contribution in [0.25, 0.3) is 0 Å². The summed E-state index contributed by atoms with van der Waals surface area (Å²) < 4.78 is 0. The molecule has 3 rings (SSSR count). The molecule has 2 saturated carbocycles. The molecule has 0 spiro atoms. The van der Waals surface area contributed by atoms with E-state index >= 15 is 0 Å². The first-order valence-corrected chi connectivity index (χ1v) is 8.01. The van der Waals surface area contributed by atoms with Gasteiger partial charge in [0.05, 0.1) is 0 Å². The summed E-state index contributed by atoms with van der Waals surface area (Å²) >= 11 is 0. The molecular weight excluding hydrogens is 238 g/mol. The summed E-state index contributed by atoms with van der Waals surface area (Å²) in [5.41, 5.74) is 0.